The number of hydrogen-bond donors (Lipinski definition) is 1. The summed E-state index contributed by atoms with van der Waals surface area (Å²) in [5.74, 6) is -2.85. The van der Waals surface area contributed by atoms with Gasteiger partial charge in [-0.15, -0.1) is 0 Å². The third-order valence-corrected chi connectivity index (χ3v) is 5.26. The second-order valence-corrected chi connectivity index (χ2v) is 7.36. The molecule has 4 rings (SSSR count). The summed E-state index contributed by atoms with van der Waals surface area (Å²) >= 11 is 12.6. The van der Waals surface area contributed by atoms with Crippen LogP contribution in [0.1, 0.15) is 35.3 Å². The number of nitrogens with zero attached hydrogens (tertiary/aromatic N) is 1. The standard InChI is InChI=1S/C20H16Cl2F2N2/c1-20(23,24)13-6-4-12(5-7-13)19-17-3-2-8-26(17)18-10-14(21)9-16(22)15(18)11-25-19/h2-10,19,25H,11H2,1H3. The van der Waals surface area contributed by atoms with E-state index >= 15 is 0 Å². The second kappa shape index (κ2) is 6.38. The Balaban J connectivity index is 1.79. The first-order valence-corrected chi connectivity index (χ1v) is 8.97. The van der Waals surface area contributed by atoms with Crippen LogP contribution >= 0.6 is 23.2 Å². The van der Waals surface area contributed by atoms with Crippen LogP contribution in [0.4, 0.5) is 8.78 Å². The fourth-order valence-electron chi connectivity index (χ4n) is 3.39. The minimum atomic E-state index is -2.85. The summed E-state index contributed by atoms with van der Waals surface area (Å²) in [6, 6.07) is 13.9. The molecule has 0 saturated heterocycles. The Kier molecular flexibility index (Phi) is 4.30. The number of benzene rings is 2. The van der Waals surface area contributed by atoms with Gasteiger partial charge < -0.3 is 9.88 Å². The highest BCUT2D eigenvalue weighted by Crippen LogP contribution is 2.36. The number of halogens is 4. The maximum Gasteiger partial charge on any atom is 0.270 e. The molecule has 0 aliphatic carbocycles. The van der Waals surface area contributed by atoms with Gasteiger partial charge in [0.05, 0.1) is 11.7 Å². The predicted octanol–water partition coefficient (Wildman–Crippen LogP) is 6.09. The van der Waals surface area contributed by atoms with Crippen molar-refractivity contribution in [1.82, 2.24) is 9.88 Å². The Morgan fingerprint density at radius 3 is 2.54 bits per heavy atom. The van der Waals surface area contributed by atoms with E-state index in [0.717, 1.165) is 29.4 Å². The number of fused-ring (bicyclic) bond motifs is 3. The molecule has 0 radical (unpaired) electrons. The highest BCUT2D eigenvalue weighted by molar-refractivity contribution is 6.35. The summed E-state index contributed by atoms with van der Waals surface area (Å²) in [5, 5.41) is 4.65. The van der Waals surface area contributed by atoms with Crippen molar-refractivity contribution in [3.05, 3.63) is 87.2 Å². The van der Waals surface area contributed by atoms with Gasteiger partial charge in [-0.05, 0) is 29.8 Å². The SMILES string of the molecule is CC(F)(F)c1ccc(C2NCc3c(Cl)cc(Cl)cc3-n3cccc32)cc1. The fourth-order valence-corrected chi connectivity index (χ4v) is 3.94. The average molecular weight is 393 g/mol. The van der Waals surface area contributed by atoms with E-state index in [4.69, 9.17) is 23.2 Å². The van der Waals surface area contributed by atoms with Gasteiger partial charge >= 0.3 is 0 Å². The van der Waals surface area contributed by atoms with Crippen molar-refractivity contribution in [3.63, 3.8) is 0 Å². The lowest BCUT2D eigenvalue weighted by Gasteiger charge is -2.19. The first kappa shape index (κ1) is 17.5. The molecule has 1 N–H and O–H groups in total. The molecular weight excluding hydrogens is 377 g/mol. The zero-order chi connectivity index (χ0) is 18.5. The van der Waals surface area contributed by atoms with Gasteiger partial charge in [0, 0.05) is 46.5 Å². The van der Waals surface area contributed by atoms with Crippen LogP contribution in [0.2, 0.25) is 10.0 Å². The molecule has 1 unspecified atom stereocenters. The molecule has 1 atom stereocenters. The van der Waals surface area contributed by atoms with E-state index in [-0.39, 0.29) is 11.6 Å². The highest BCUT2D eigenvalue weighted by Gasteiger charge is 2.27. The van der Waals surface area contributed by atoms with Crippen molar-refractivity contribution in [2.75, 3.05) is 0 Å². The fraction of sp³-hybridized carbons (Fsp3) is 0.200. The van der Waals surface area contributed by atoms with E-state index in [1.807, 2.05) is 29.0 Å². The maximum atomic E-state index is 13.5. The topological polar surface area (TPSA) is 17.0 Å². The average Bonchev–Trinajstić information content (AvgIpc) is 2.99. The van der Waals surface area contributed by atoms with Crippen LogP contribution in [0, 0.1) is 0 Å². The number of alkyl halides is 2. The van der Waals surface area contributed by atoms with E-state index in [1.165, 1.54) is 12.1 Å². The molecule has 3 aromatic rings. The first-order chi connectivity index (χ1) is 12.3. The Hall–Kier alpha value is -1.88. The van der Waals surface area contributed by atoms with Crippen molar-refractivity contribution in [2.24, 2.45) is 0 Å². The van der Waals surface area contributed by atoms with E-state index in [0.29, 0.717) is 16.6 Å². The van der Waals surface area contributed by atoms with Crippen LogP contribution in [0.15, 0.2) is 54.7 Å². The Bertz CT molecular complexity index is 959. The zero-order valence-corrected chi connectivity index (χ0v) is 15.5. The lowest BCUT2D eigenvalue weighted by molar-refractivity contribution is 0.0174. The van der Waals surface area contributed by atoms with Crippen LogP contribution in [-0.2, 0) is 12.5 Å². The molecule has 1 aromatic heterocycles. The minimum Gasteiger partial charge on any atom is -0.319 e. The van der Waals surface area contributed by atoms with E-state index in [2.05, 4.69) is 5.32 Å². The molecule has 2 nitrogen and oxygen atoms in total. The summed E-state index contributed by atoms with van der Waals surface area (Å²) in [7, 11) is 0. The van der Waals surface area contributed by atoms with E-state index < -0.39 is 5.92 Å². The first-order valence-electron chi connectivity index (χ1n) is 8.22. The van der Waals surface area contributed by atoms with Crippen molar-refractivity contribution in [2.45, 2.75) is 25.4 Å². The smallest absolute Gasteiger partial charge is 0.270 e. The van der Waals surface area contributed by atoms with Gasteiger partial charge in [0.25, 0.3) is 5.92 Å². The van der Waals surface area contributed by atoms with Gasteiger partial charge in [-0.2, -0.15) is 0 Å². The van der Waals surface area contributed by atoms with Gasteiger partial charge in [-0.3, -0.25) is 0 Å². The maximum absolute atomic E-state index is 13.5. The Morgan fingerprint density at radius 1 is 1.12 bits per heavy atom. The normalized spacial score (nSPS) is 16.7. The third kappa shape index (κ3) is 3.02. The van der Waals surface area contributed by atoms with Crippen molar-refractivity contribution >= 4 is 23.2 Å². The molecule has 2 heterocycles. The van der Waals surface area contributed by atoms with Crippen LogP contribution in [0.5, 0.6) is 0 Å². The lowest BCUT2D eigenvalue weighted by atomic mass is 10.0. The van der Waals surface area contributed by atoms with Crippen LogP contribution < -0.4 is 5.32 Å². The lowest BCUT2D eigenvalue weighted by Crippen LogP contribution is -2.21. The monoisotopic (exact) mass is 392 g/mol. The van der Waals surface area contributed by atoms with Crippen LogP contribution in [0.25, 0.3) is 5.69 Å². The van der Waals surface area contributed by atoms with E-state index in [1.54, 1.807) is 18.2 Å². The summed E-state index contributed by atoms with van der Waals surface area (Å²) in [4.78, 5) is 0. The molecule has 1 aliphatic heterocycles. The molecule has 2 aromatic carbocycles. The number of aromatic nitrogens is 1. The van der Waals surface area contributed by atoms with Crippen molar-refractivity contribution < 1.29 is 8.78 Å². The van der Waals surface area contributed by atoms with Gasteiger partial charge in [-0.25, -0.2) is 8.78 Å². The molecule has 1 aliphatic rings. The molecule has 0 fully saturated rings. The largest absolute Gasteiger partial charge is 0.319 e. The Morgan fingerprint density at radius 2 is 1.85 bits per heavy atom. The van der Waals surface area contributed by atoms with Crippen LogP contribution in [-0.4, -0.2) is 4.57 Å². The molecular formula is C20H16Cl2F2N2. The van der Waals surface area contributed by atoms with Gasteiger partial charge in [0.15, 0.2) is 0 Å². The number of rotatable bonds is 2. The molecule has 0 spiro atoms. The molecule has 0 saturated carbocycles. The van der Waals surface area contributed by atoms with Crippen molar-refractivity contribution in [1.29, 1.82) is 0 Å². The highest BCUT2D eigenvalue weighted by atomic mass is 35.5. The van der Waals surface area contributed by atoms with Gasteiger partial charge in [-0.1, -0.05) is 47.5 Å². The minimum absolute atomic E-state index is 0.00312. The molecule has 0 amide bonds. The van der Waals surface area contributed by atoms with Crippen molar-refractivity contribution in [3.8, 4) is 5.69 Å². The predicted molar refractivity (Wildman–Crippen MR) is 100 cm³/mol. The third-order valence-electron chi connectivity index (χ3n) is 4.71. The summed E-state index contributed by atoms with van der Waals surface area (Å²) < 4.78 is 29.0. The number of hydrogen-bond acceptors (Lipinski definition) is 1. The molecule has 6 heteroatoms. The quantitative estimate of drug-likeness (QED) is 0.558. The van der Waals surface area contributed by atoms with Gasteiger partial charge in [0.1, 0.15) is 0 Å². The summed E-state index contributed by atoms with van der Waals surface area (Å²) in [6.07, 6.45) is 1.95. The summed E-state index contributed by atoms with van der Waals surface area (Å²) in [6.45, 7) is 1.45. The van der Waals surface area contributed by atoms with E-state index in [9.17, 15) is 8.78 Å². The Labute approximate surface area is 160 Å². The zero-order valence-electron chi connectivity index (χ0n) is 13.9. The second-order valence-electron chi connectivity index (χ2n) is 6.51. The molecule has 26 heavy (non-hydrogen) atoms. The van der Waals surface area contributed by atoms with Crippen LogP contribution in [0.3, 0.4) is 0 Å². The molecule has 0 bridgehead atoms. The summed E-state index contributed by atoms with van der Waals surface area (Å²) in [5.41, 5.74) is 3.79. The molecule has 134 valence electrons. The number of nitrogens with one attached hydrogen (secondary N) is 1. The van der Waals surface area contributed by atoms with Gasteiger partial charge in [0.2, 0.25) is 0 Å².